The molecule has 3 aromatic rings. The zero-order valence-electron chi connectivity index (χ0n) is 15.1. The second kappa shape index (κ2) is 6.14. The van der Waals surface area contributed by atoms with Crippen LogP contribution in [0.3, 0.4) is 0 Å². The third kappa shape index (κ3) is 2.45. The van der Waals surface area contributed by atoms with Crippen LogP contribution in [0.5, 0.6) is 0 Å². The molecule has 0 amide bonds. The van der Waals surface area contributed by atoms with Crippen molar-refractivity contribution >= 4 is 10.8 Å². The van der Waals surface area contributed by atoms with Gasteiger partial charge in [-0.05, 0) is 63.9 Å². The highest BCUT2D eigenvalue weighted by atomic mass is 14.2. The molecule has 1 unspecified atom stereocenters. The molecule has 0 heterocycles. The molecule has 1 atom stereocenters. The molecule has 0 fully saturated rings. The van der Waals surface area contributed by atoms with E-state index in [0.717, 1.165) is 12.8 Å². The third-order valence-electron chi connectivity index (χ3n) is 5.69. The second-order valence-corrected chi connectivity index (χ2v) is 7.29. The Morgan fingerprint density at radius 3 is 2.73 bits per heavy atom. The highest BCUT2D eigenvalue weighted by Crippen LogP contribution is 2.40. The van der Waals surface area contributed by atoms with Gasteiger partial charge in [0.05, 0.1) is 0 Å². The lowest BCUT2D eigenvalue weighted by Crippen LogP contribution is -2.04. The maximum Gasteiger partial charge on any atom is 0.0210 e. The molecule has 126 valence electrons. The van der Waals surface area contributed by atoms with Gasteiger partial charge in [0.25, 0.3) is 0 Å². The average Bonchev–Trinajstić information content (AvgIpc) is 3.16. The Morgan fingerprint density at radius 2 is 1.81 bits per heavy atom. The van der Waals surface area contributed by atoms with E-state index in [0.29, 0.717) is 5.92 Å². The first kappa shape index (κ1) is 15.4. The SMILES string of the molecule is C/C=C\C1=CC(c2ccc3c4c(ccc3c2)CCc2ccccc2-4)C=C1. The summed E-state index contributed by atoms with van der Waals surface area (Å²) in [6, 6.07) is 20.5. The maximum atomic E-state index is 2.37. The van der Waals surface area contributed by atoms with Gasteiger partial charge in [0.2, 0.25) is 0 Å². The predicted octanol–water partition coefficient (Wildman–Crippen LogP) is 6.76. The van der Waals surface area contributed by atoms with E-state index < -0.39 is 0 Å². The van der Waals surface area contributed by atoms with E-state index in [1.807, 2.05) is 0 Å². The molecular formula is C26H22. The highest BCUT2D eigenvalue weighted by Gasteiger charge is 2.19. The van der Waals surface area contributed by atoms with Crippen molar-refractivity contribution in [1.29, 1.82) is 0 Å². The Bertz CT molecular complexity index is 1090. The van der Waals surface area contributed by atoms with Crippen LogP contribution < -0.4 is 0 Å². The first-order valence-corrected chi connectivity index (χ1v) is 9.50. The fraction of sp³-hybridized carbons (Fsp3) is 0.154. The van der Waals surface area contributed by atoms with Gasteiger partial charge in [-0.15, -0.1) is 0 Å². The van der Waals surface area contributed by atoms with Crippen molar-refractivity contribution in [1.82, 2.24) is 0 Å². The minimum absolute atomic E-state index is 0.383. The number of benzene rings is 3. The number of aryl methyl sites for hydroxylation is 2. The summed E-state index contributed by atoms with van der Waals surface area (Å²) in [4.78, 5) is 0. The molecule has 3 aromatic carbocycles. The molecule has 0 radical (unpaired) electrons. The predicted molar refractivity (Wildman–Crippen MR) is 112 cm³/mol. The zero-order valence-corrected chi connectivity index (χ0v) is 15.1. The fourth-order valence-corrected chi connectivity index (χ4v) is 4.42. The van der Waals surface area contributed by atoms with Crippen molar-refractivity contribution in [3.05, 3.63) is 107 Å². The van der Waals surface area contributed by atoms with Gasteiger partial charge in [-0.25, -0.2) is 0 Å². The van der Waals surface area contributed by atoms with E-state index in [4.69, 9.17) is 0 Å². The smallest absolute Gasteiger partial charge is 0.0210 e. The summed E-state index contributed by atoms with van der Waals surface area (Å²) in [6.07, 6.45) is 13.4. The summed E-state index contributed by atoms with van der Waals surface area (Å²) in [7, 11) is 0. The van der Waals surface area contributed by atoms with Crippen molar-refractivity contribution in [2.45, 2.75) is 25.7 Å². The van der Waals surface area contributed by atoms with E-state index >= 15 is 0 Å². The van der Waals surface area contributed by atoms with E-state index in [1.165, 1.54) is 44.2 Å². The molecule has 0 aromatic heterocycles. The molecule has 0 spiro atoms. The minimum Gasteiger partial charge on any atom is -0.0871 e. The molecule has 2 aliphatic carbocycles. The summed E-state index contributed by atoms with van der Waals surface area (Å²) >= 11 is 0. The molecule has 0 nitrogen and oxygen atoms in total. The Kier molecular flexibility index (Phi) is 3.64. The molecule has 0 heteroatoms. The minimum atomic E-state index is 0.383. The fourth-order valence-electron chi connectivity index (χ4n) is 4.42. The highest BCUT2D eigenvalue weighted by molar-refractivity contribution is 6.00. The first-order valence-electron chi connectivity index (χ1n) is 9.50. The van der Waals surface area contributed by atoms with Crippen molar-refractivity contribution in [2.75, 3.05) is 0 Å². The van der Waals surface area contributed by atoms with Gasteiger partial charge in [0, 0.05) is 5.92 Å². The molecule has 0 saturated heterocycles. The van der Waals surface area contributed by atoms with Crippen LogP contribution in [0.15, 0.2) is 90.6 Å². The van der Waals surface area contributed by atoms with Crippen molar-refractivity contribution < 1.29 is 0 Å². The summed E-state index contributed by atoms with van der Waals surface area (Å²) < 4.78 is 0. The van der Waals surface area contributed by atoms with Gasteiger partial charge in [0.1, 0.15) is 0 Å². The van der Waals surface area contributed by atoms with Crippen LogP contribution in [0, 0.1) is 0 Å². The lowest BCUT2D eigenvalue weighted by atomic mass is 9.82. The number of hydrogen-bond donors (Lipinski definition) is 0. The van der Waals surface area contributed by atoms with Crippen molar-refractivity contribution in [3.8, 4) is 11.1 Å². The Hall–Kier alpha value is -2.86. The number of allylic oxidation sites excluding steroid dienone is 6. The molecule has 0 bridgehead atoms. The summed E-state index contributed by atoms with van der Waals surface area (Å²) in [5, 5.41) is 2.73. The van der Waals surface area contributed by atoms with Crippen LogP contribution in [0.2, 0.25) is 0 Å². The van der Waals surface area contributed by atoms with Crippen molar-refractivity contribution in [3.63, 3.8) is 0 Å². The van der Waals surface area contributed by atoms with Crippen LogP contribution >= 0.6 is 0 Å². The van der Waals surface area contributed by atoms with Crippen LogP contribution in [0.4, 0.5) is 0 Å². The van der Waals surface area contributed by atoms with Gasteiger partial charge in [0.15, 0.2) is 0 Å². The van der Waals surface area contributed by atoms with E-state index in [1.54, 1.807) is 0 Å². The molecule has 2 aliphatic rings. The van der Waals surface area contributed by atoms with Gasteiger partial charge in [-0.3, -0.25) is 0 Å². The number of rotatable bonds is 2. The largest absolute Gasteiger partial charge is 0.0871 e. The van der Waals surface area contributed by atoms with Crippen LogP contribution in [0.25, 0.3) is 21.9 Å². The van der Waals surface area contributed by atoms with Gasteiger partial charge in [-0.2, -0.15) is 0 Å². The topological polar surface area (TPSA) is 0 Å². The second-order valence-electron chi connectivity index (χ2n) is 7.29. The van der Waals surface area contributed by atoms with Crippen molar-refractivity contribution in [2.24, 2.45) is 0 Å². The maximum absolute atomic E-state index is 2.37. The number of fused-ring (bicyclic) bond motifs is 5. The third-order valence-corrected chi connectivity index (χ3v) is 5.69. The van der Waals surface area contributed by atoms with E-state index in [2.05, 4.69) is 91.9 Å². The zero-order chi connectivity index (χ0) is 17.5. The van der Waals surface area contributed by atoms with Crippen LogP contribution in [-0.4, -0.2) is 0 Å². The molecule has 0 saturated carbocycles. The Morgan fingerprint density at radius 1 is 0.923 bits per heavy atom. The normalized spacial score (nSPS) is 18.2. The van der Waals surface area contributed by atoms with Gasteiger partial charge >= 0.3 is 0 Å². The summed E-state index contributed by atoms with van der Waals surface area (Å²) in [5.74, 6) is 0.383. The standard InChI is InChI=1S/C26H22/c1-2-5-18-8-9-21(16-18)22-14-15-25-23(17-22)13-12-20-11-10-19-6-3-4-7-24(19)26(20)25/h2-9,12-17,21H,10-11H2,1H3/b5-2-. The van der Waals surface area contributed by atoms with Gasteiger partial charge < -0.3 is 0 Å². The average molecular weight is 334 g/mol. The number of hydrogen-bond acceptors (Lipinski definition) is 0. The van der Waals surface area contributed by atoms with Crippen LogP contribution in [0.1, 0.15) is 29.5 Å². The van der Waals surface area contributed by atoms with Gasteiger partial charge in [-0.1, -0.05) is 85.0 Å². The lowest BCUT2D eigenvalue weighted by Gasteiger charge is -2.22. The Balaban J connectivity index is 1.64. The molecular weight excluding hydrogens is 312 g/mol. The van der Waals surface area contributed by atoms with E-state index in [9.17, 15) is 0 Å². The Labute approximate surface area is 155 Å². The quantitative estimate of drug-likeness (QED) is 0.485. The molecule has 0 N–H and O–H groups in total. The first-order chi connectivity index (χ1) is 12.8. The summed E-state index contributed by atoms with van der Waals surface area (Å²) in [5.41, 5.74) is 8.51. The summed E-state index contributed by atoms with van der Waals surface area (Å²) in [6.45, 7) is 2.07. The molecule has 0 aliphatic heterocycles. The molecule has 26 heavy (non-hydrogen) atoms. The van der Waals surface area contributed by atoms with Crippen LogP contribution in [-0.2, 0) is 12.8 Å². The lowest BCUT2D eigenvalue weighted by molar-refractivity contribution is 0.945. The van der Waals surface area contributed by atoms with E-state index in [-0.39, 0.29) is 0 Å². The monoisotopic (exact) mass is 334 g/mol. The molecule has 5 rings (SSSR count).